The van der Waals surface area contributed by atoms with Gasteiger partial charge in [0.1, 0.15) is 5.75 Å². The van der Waals surface area contributed by atoms with Crippen molar-refractivity contribution < 1.29 is 4.74 Å². The molecule has 0 saturated carbocycles. The van der Waals surface area contributed by atoms with Gasteiger partial charge in [-0.2, -0.15) is 5.10 Å². The largest absolute Gasteiger partial charge is 0.491 e. The fourth-order valence-corrected chi connectivity index (χ4v) is 1.94. The monoisotopic (exact) mass is 287 g/mol. The van der Waals surface area contributed by atoms with Gasteiger partial charge in [0.05, 0.1) is 18.5 Å². The molecule has 1 heterocycles. The van der Waals surface area contributed by atoms with E-state index in [1.165, 1.54) is 5.56 Å². The van der Waals surface area contributed by atoms with Crippen molar-refractivity contribution >= 4 is 5.69 Å². The molecule has 0 saturated heterocycles. The number of para-hydroxylation sites is 2. The van der Waals surface area contributed by atoms with Crippen LogP contribution in [-0.4, -0.2) is 16.4 Å². The molecule has 21 heavy (non-hydrogen) atoms. The summed E-state index contributed by atoms with van der Waals surface area (Å²) in [6.07, 6.45) is 3.99. The molecule has 0 unspecified atom stereocenters. The molecular formula is C17H25N3O. The number of ether oxygens (including phenoxy) is 1. The lowest BCUT2D eigenvalue weighted by molar-refractivity contribution is 0.272. The maximum Gasteiger partial charge on any atom is 0.142 e. The van der Waals surface area contributed by atoms with E-state index in [0.29, 0.717) is 12.0 Å². The van der Waals surface area contributed by atoms with Gasteiger partial charge in [-0.25, -0.2) is 0 Å². The first-order valence-electron chi connectivity index (χ1n) is 7.55. The highest BCUT2D eigenvalue weighted by Gasteiger charge is 2.06. The fourth-order valence-electron chi connectivity index (χ4n) is 1.94. The zero-order valence-electron chi connectivity index (χ0n) is 13.3. The number of nitrogens with zero attached hydrogens (tertiary/aromatic N) is 2. The van der Waals surface area contributed by atoms with Crippen molar-refractivity contribution in [3.63, 3.8) is 0 Å². The molecule has 0 bridgehead atoms. The Morgan fingerprint density at radius 1 is 1.19 bits per heavy atom. The Morgan fingerprint density at radius 3 is 2.62 bits per heavy atom. The number of rotatable bonds is 7. The molecule has 0 spiro atoms. The average Bonchev–Trinajstić information content (AvgIpc) is 2.93. The van der Waals surface area contributed by atoms with Crippen LogP contribution in [0.1, 0.15) is 39.3 Å². The van der Waals surface area contributed by atoms with Crippen molar-refractivity contribution in [2.45, 2.75) is 40.3 Å². The van der Waals surface area contributed by atoms with E-state index in [1.54, 1.807) is 0 Å². The normalized spacial score (nSPS) is 11.1. The van der Waals surface area contributed by atoms with Gasteiger partial charge in [0.25, 0.3) is 0 Å². The highest BCUT2D eigenvalue weighted by atomic mass is 16.5. The summed E-state index contributed by atoms with van der Waals surface area (Å²) in [6.45, 7) is 10.0. The highest BCUT2D eigenvalue weighted by molar-refractivity contribution is 5.56. The van der Waals surface area contributed by atoms with Crippen LogP contribution in [0, 0.1) is 5.92 Å². The summed E-state index contributed by atoms with van der Waals surface area (Å²) in [6, 6.07) is 8.45. The second-order valence-corrected chi connectivity index (χ2v) is 5.98. The van der Waals surface area contributed by atoms with Crippen molar-refractivity contribution in [3.8, 4) is 5.75 Å². The SMILES string of the molecule is CC(C)COc1ccccc1NCc1cnn(C(C)C)c1. The van der Waals surface area contributed by atoms with Crippen molar-refractivity contribution in [2.24, 2.45) is 5.92 Å². The number of benzene rings is 1. The van der Waals surface area contributed by atoms with Gasteiger partial charge in [0.2, 0.25) is 0 Å². The first-order valence-corrected chi connectivity index (χ1v) is 7.55. The van der Waals surface area contributed by atoms with Crippen LogP contribution in [0.15, 0.2) is 36.7 Å². The van der Waals surface area contributed by atoms with Gasteiger partial charge < -0.3 is 10.1 Å². The number of hydrogen-bond acceptors (Lipinski definition) is 3. The second-order valence-electron chi connectivity index (χ2n) is 5.98. The summed E-state index contributed by atoms with van der Waals surface area (Å²) in [7, 11) is 0. The summed E-state index contributed by atoms with van der Waals surface area (Å²) in [4.78, 5) is 0. The number of anilines is 1. The summed E-state index contributed by atoms with van der Waals surface area (Å²) < 4.78 is 7.82. The van der Waals surface area contributed by atoms with Crippen LogP contribution in [0.3, 0.4) is 0 Å². The number of nitrogens with one attached hydrogen (secondary N) is 1. The molecular weight excluding hydrogens is 262 g/mol. The Hall–Kier alpha value is -1.97. The van der Waals surface area contributed by atoms with Gasteiger partial charge >= 0.3 is 0 Å². The zero-order valence-corrected chi connectivity index (χ0v) is 13.3. The van der Waals surface area contributed by atoms with E-state index < -0.39 is 0 Å². The lowest BCUT2D eigenvalue weighted by atomic mass is 10.2. The standard InChI is InChI=1S/C17H25N3O/c1-13(2)12-21-17-8-6-5-7-16(17)18-9-15-10-19-20(11-15)14(3)4/h5-8,10-11,13-14,18H,9,12H2,1-4H3. The minimum Gasteiger partial charge on any atom is -0.491 e. The predicted molar refractivity (Wildman–Crippen MR) is 86.7 cm³/mol. The molecule has 0 aliphatic carbocycles. The Morgan fingerprint density at radius 2 is 1.95 bits per heavy atom. The molecule has 1 aromatic carbocycles. The topological polar surface area (TPSA) is 39.1 Å². The summed E-state index contributed by atoms with van der Waals surface area (Å²) in [5.74, 6) is 1.42. The van der Waals surface area contributed by atoms with Crippen molar-refractivity contribution in [2.75, 3.05) is 11.9 Å². The third kappa shape index (κ3) is 4.52. The first-order chi connectivity index (χ1) is 10.1. The maximum atomic E-state index is 5.85. The second kappa shape index (κ2) is 7.16. The molecule has 114 valence electrons. The average molecular weight is 287 g/mol. The number of hydrogen-bond donors (Lipinski definition) is 1. The lowest BCUT2D eigenvalue weighted by Gasteiger charge is -2.14. The van der Waals surface area contributed by atoms with Crippen molar-refractivity contribution in [3.05, 3.63) is 42.2 Å². The summed E-state index contributed by atoms with van der Waals surface area (Å²) >= 11 is 0. The molecule has 4 heteroatoms. The van der Waals surface area contributed by atoms with Crippen LogP contribution in [0.5, 0.6) is 5.75 Å². The molecule has 4 nitrogen and oxygen atoms in total. The minimum atomic E-state index is 0.389. The van der Waals surface area contributed by atoms with Crippen LogP contribution in [-0.2, 0) is 6.54 Å². The Kier molecular flexibility index (Phi) is 5.26. The predicted octanol–water partition coefficient (Wildman–Crippen LogP) is 4.11. The lowest BCUT2D eigenvalue weighted by Crippen LogP contribution is -2.07. The fraction of sp³-hybridized carbons (Fsp3) is 0.471. The van der Waals surface area contributed by atoms with Gasteiger partial charge in [-0.3, -0.25) is 4.68 Å². The Bertz CT molecular complexity index is 561. The third-order valence-corrected chi connectivity index (χ3v) is 3.13. The molecule has 0 aliphatic rings. The van der Waals surface area contributed by atoms with E-state index >= 15 is 0 Å². The zero-order chi connectivity index (χ0) is 15.2. The van der Waals surface area contributed by atoms with Gasteiger partial charge in [0.15, 0.2) is 0 Å². The smallest absolute Gasteiger partial charge is 0.142 e. The molecule has 1 aromatic heterocycles. The molecule has 2 rings (SSSR count). The van der Waals surface area contributed by atoms with E-state index in [1.807, 2.05) is 35.1 Å². The van der Waals surface area contributed by atoms with E-state index in [0.717, 1.165) is 24.6 Å². The van der Waals surface area contributed by atoms with Gasteiger partial charge in [-0.15, -0.1) is 0 Å². The van der Waals surface area contributed by atoms with Crippen molar-refractivity contribution in [1.82, 2.24) is 9.78 Å². The van der Waals surface area contributed by atoms with Crippen LogP contribution in [0.25, 0.3) is 0 Å². The van der Waals surface area contributed by atoms with Gasteiger partial charge in [-0.05, 0) is 31.9 Å². The highest BCUT2D eigenvalue weighted by Crippen LogP contribution is 2.24. The van der Waals surface area contributed by atoms with E-state index in [4.69, 9.17) is 4.74 Å². The van der Waals surface area contributed by atoms with E-state index in [2.05, 4.69) is 44.3 Å². The summed E-state index contributed by atoms with van der Waals surface area (Å²) in [5.41, 5.74) is 2.19. The third-order valence-electron chi connectivity index (χ3n) is 3.13. The molecule has 2 aromatic rings. The van der Waals surface area contributed by atoms with Crippen LogP contribution < -0.4 is 10.1 Å². The van der Waals surface area contributed by atoms with Crippen LogP contribution >= 0.6 is 0 Å². The minimum absolute atomic E-state index is 0.389. The Balaban J connectivity index is 1.98. The molecule has 0 radical (unpaired) electrons. The summed E-state index contributed by atoms with van der Waals surface area (Å²) in [5, 5.41) is 7.78. The molecule has 1 N–H and O–H groups in total. The molecule has 0 amide bonds. The molecule has 0 fully saturated rings. The molecule has 0 atom stereocenters. The van der Waals surface area contributed by atoms with E-state index in [9.17, 15) is 0 Å². The number of aromatic nitrogens is 2. The maximum absolute atomic E-state index is 5.85. The first kappa shape index (κ1) is 15.4. The quantitative estimate of drug-likeness (QED) is 0.833. The van der Waals surface area contributed by atoms with Gasteiger partial charge in [-0.1, -0.05) is 26.0 Å². The van der Waals surface area contributed by atoms with Crippen LogP contribution in [0.2, 0.25) is 0 Å². The van der Waals surface area contributed by atoms with Crippen LogP contribution in [0.4, 0.5) is 5.69 Å². The Labute approximate surface area is 127 Å². The van der Waals surface area contributed by atoms with Crippen molar-refractivity contribution in [1.29, 1.82) is 0 Å². The van der Waals surface area contributed by atoms with E-state index in [-0.39, 0.29) is 0 Å². The van der Waals surface area contributed by atoms with Gasteiger partial charge in [0, 0.05) is 24.3 Å². The molecule has 0 aliphatic heterocycles.